The van der Waals surface area contributed by atoms with Gasteiger partial charge in [0.15, 0.2) is 0 Å². The Kier molecular flexibility index (Phi) is 4.79. The van der Waals surface area contributed by atoms with Gasteiger partial charge in [0.25, 0.3) is 0 Å². The second-order valence-electron chi connectivity index (χ2n) is 4.57. The highest BCUT2D eigenvalue weighted by Gasteiger charge is 2.23. The molecular formula is C12H25N. The quantitative estimate of drug-likeness (QED) is 0.603. The highest BCUT2D eigenvalue weighted by atomic mass is 15.2. The third-order valence-electron chi connectivity index (χ3n) is 3.40. The zero-order chi connectivity index (χ0) is 9.68. The van der Waals surface area contributed by atoms with Crippen LogP contribution in [-0.2, 0) is 0 Å². The van der Waals surface area contributed by atoms with Gasteiger partial charge in [-0.05, 0) is 39.7 Å². The summed E-state index contributed by atoms with van der Waals surface area (Å²) in [6.45, 7) is 8.39. The molecule has 0 amide bonds. The molecule has 0 aromatic carbocycles. The average molecular weight is 183 g/mol. The molecule has 2 unspecified atom stereocenters. The smallest absolute Gasteiger partial charge is 0.00697 e. The number of nitrogens with zero attached hydrogens (tertiary/aromatic N) is 1. The van der Waals surface area contributed by atoms with Gasteiger partial charge >= 0.3 is 0 Å². The number of piperidine rings is 1. The van der Waals surface area contributed by atoms with E-state index in [2.05, 4.69) is 25.7 Å². The molecule has 2 atom stereocenters. The summed E-state index contributed by atoms with van der Waals surface area (Å²) in [5.74, 6) is 0. The van der Waals surface area contributed by atoms with E-state index in [1.165, 1.54) is 45.1 Å². The van der Waals surface area contributed by atoms with E-state index in [0.717, 1.165) is 12.1 Å². The van der Waals surface area contributed by atoms with Crippen molar-refractivity contribution >= 4 is 0 Å². The molecule has 1 rings (SSSR count). The summed E-state index contributed by atoms with van der Waals surface area (Å²) >= 11 is 0. The van der Waals surface area contributed by atoms with Crippen LogP contribution in [0.2, 0.25) is 0 Å². The SMILES string of the molecule is CCCCCN1C(C)CCCC1C. The molecule has 0 aliphatic carbocycles. The van der Waals surface area contributed by atoms with Crippen LogP contribution in [0.4, 0.5) is 0 Å². The molecule has 0 radical (unpaired) electrons. The highest BCUT2D eigenvalue weighted by molar-refractivity contribution is 4.79. The van der Waals surface area contributed by atoms with Gasteiger partial charge in [0.1, 0.15) is 0 Å². The van der Waals surface area contributed by atoms with Crippen LogP contribution in [0.3, 0.4) is 0 Å². The monoisotopic (exact) mass is 183 g/mol. The second-order valence-corrected chi connectivity index (χ2v) is 4.57. The zero-order valence-corrected chi connectivity index (χ0v) is 9.55. The first kappa shape index (κ1) is 11.0. The minimum Gasteiger partial charge on any atom is -0.298 e. The maximum Gasteiger partial charge on any atom is 0.00697 e. The van der Waals surface area contributed by atoms with Crippen molar-refractivity contribution in [1.82, 2.24) is 4.90 Å². The van der Waals surface area contributed by atoms with E-state index in [1.54, 1.807) is 0 Å². The van der Waals surface area contributed by atoms with E-state index < -0.39 is 0 Å². The molecule has 0 spiro atoms. The Morgan fingerprint density at radius 2 is 1.69 bits per heavy atom. The summed E-state index contributed by atoms with van der Waals surface area (Å²) < 4.78 is 0. The largest absolute Gasteiger partial charge is 0.298 e. The van der Waals surface area contributed by atoms with Crippen molar-refractivity contribution in [3.8, 4) is 0 Å². The average Bonchev–Trinajstić information content (AvgIpc) is 2.10. The topological polar surface area (TPSA) is 3.24 Å². The maximum atomic E-state index is 2.71. The Hall–Kier alpha value is -0.0400. The molecule has 1 nitrogen and oxygen atoms in total. The third-order valence-corrected chi connectivity index (χ3v) is 3.40. The number of rotatable bonds is 4. The Morgan fingerprint density at radius 3 is 2.23 bits per heavy atom. The third kappa shape index (κ3) is 3.30. The zero-order valence-electron chi connectivity index (χ0n) is 9.55. The van der Waals surface area contributed by atoms with Gasteiger partial charge < -0.3 is 0 Å². The molecule has 13 heavy (non-hydrogen) atoms. The van der Waals surface area contributed by atoms with Gasteiger partial charge in [0, 0.05) is 12.1 Å². The van der Waals surface area contributed by atoms with Gasteiger partial charge in [-0.25, -0.2) is 0 Å². The lowest BCUT2D eigenvalue weighted by molar-refractivity contribution is 0.101. The van der Waals surface area contributed by atoms with Crippen LogP contribution < -0.4 is 0 Å². The number of unbranched alkanes of at least 4 members (excludes halogenated alkanes) is 2. The Balaban J connectivity index is 2.26. The summed E-state index contributed by atoms with van der Waals surface area (Å²) in [7, 11) is 0. The van der Waals surface area contributed by atoms with Crippen LogP contribution in [-0.4, -0.2) is 23.5 Å². The molecule has 0 saturated carbocycles. The molecule has 0 N–H and O–H groups in total. The first-order valence-electron chi connectivity index (χ1n) is 6.01. The van der Waals surface area contributed by atoms with Crippen LogP contribution in [0.25, 0.3) is 0 Å². The van der Waals surface area contributed by atoms with Gasteiger partial charge in [-0.15, -0.1) is 0 Å². The number of hydrogen-bond acceptors (Lipinski definition) is 1. The summed E-state index contributed by atoms with van der Waals surface area (Å²) in [4.78, 5) is 2.71. The fraction of sp³-hybridized carbons (Fsp3) is 1.00. The Labute approximate surface area is 83.5 Å². The fourth-order valence-corrected chi connectivity index (χ4v) is 2.46. The standard InChI is InChI=1S/C12H25N/c1-4-5-6-10-13-11(2)8-7-9-12(13)3/h11-12H,4-10H2,1-3H3. The van der Waals surface area contributed by atoms with Crippen molar-refractivity contribution in [3.63, 3.8) is 0 Å². The molecule has 1 fully saturated rings. The Bertz CT molecular complexity index is 123. The normalized spacial score (nSPS) is 30.7. The van der Waals surface area contributed by atoms with Gasteiger partial charge in [-0.2, -0.15) is 0 Å². The van der Waals surface area contributed by atoms with E-state index in [0.29, 0.717) is 0 Å². The number of hydrogen-bond donors (Lipinski definition) is 0. The molecule has 0 bridgehead atoms. The van der Waals surface area contributed by atoms with Gasteiger partial charge in [-0.1, -0.05) is 26.2 Å². The maximum absolute atomic E-state index is 2.71. The highest BCUT2D eigenvalue weighted by Crippen LogP contribution is 2.22. The van der Waals surface area contributed by atoms with Crippen molar-refractivity contribution < 1.29 is 0 Å². The fourth-order valence-electron chi connectivity index (χ4n) is 2.46. The van der Waals surface area contributed by atoms with Crippen LogP contribution >= 0.6 is 0 Å². The van der Waals surface area contributed by atoms with Crippen molar-refractivity contribution in [2.45, 2.75) is 71.4 Å². The molecular weight excluding hydrogens is 158 g/mol. The molecule has 0 aromatic rings. The molecule has 1 aliphatic rings. The summed E-state index contributed by atoms with van der Waals surface area (Å²) in [6.07, 6.45) is 8.40. The van der Waals surface area contributed by atoms with Crippen molar-refractivity contribution in [2.24, 2.45) is 0 Å². The summed E-state index contributed by atoms with van der Waals surface area (Å²) in [5.41, 5.74) is 0. The summed E-state index contributed by atoms with van der Waals surface area (Å²) in [5, 5.41) is 0. The lowest BCUT2D eigenvalue weighted by Crippen LogP contribution is -2.44. The number of likely N-dealkylation sites (tertiary alicyclic amines) is 1. The van der Waals surface area contributed by atoms with E-state index in [1.807, 2.05) is 0 Å². The lowest BCUT2D eigenvalue weighted by Gasteiger charge is -2.39. The van der Waals surface area contributed by atoms with Crippen LogP contribution in [0.1, 0.15) is 59.3 Å². The minimum absolute atomic E-state index is 0.834. The van der Waals surface area contributed by atoms with Crippen LogP contribution in [0, 0.1) is 0 Å². The van der Waals surface area contributed by atoms with Gasteiger partial charge in [-0.3, -0.25) is 4.90 Å². The van der Waals surface area contributed by atoms with Gasteiger partial charge in [0.05, 0.1) is 0 Å². The molecule has 1 heteroatoms. The van der Waals surface area contributed by atoms with Crippen molar-refractivity contribution in [3.05, 3.63) is 0 Å². The summed E-state index contributed by atoms with van der Waals surface area (Å²) in [6, 6.07) is 1.67. The van der Waals surface area contributed by atoms with Crippen molar-refractivity contribution in [1.29, 1.82) is 0 Å². The lowest BCUT2D eigenvalue weighted by atomic mass is 9.97. The first-order chi connectivity index (χ1) is 6.25. The van der Waals surface area contributed by atoms with Crippen molar-refractivity contribution in [2.75, 3.05) is 6.54 Å². The van der Waals surface area contributed by atoms with E-state index in [-0.39, 0.29) is 0 Å². The first-order valence-corrected chi connectivity index (χ1v) is 6.01. The second kappa shape index (κ2) is 5.64. The molecule has 0 aromatic heterocycles. The van der Waals surface area contributed by atoms with E-state index in [9.17, 15) is 0 Å². The predicted octanol–water partition coefficient (Wildman–Crippen LogP) is 3.44. The van der Waals surface area contributed by atoms with E-state index >= 15 is 0 Å². The Morgan fingerprint density at radius 1 is 1.08 bits per heavy atom. The van der Waals surface area contributed by atoms with Crippen LogP contribution in [0.5, 0.6) is 0 Å². The molecule has 1 saturated heterocycles. The minimum atomic E-state index is 0.834. The molecule has 1 heterocycles. The van der Waals surface area contributed by atoms with Crippen LogP contribution in [0.15, 0.2) is 0 Å². The predicted molar refractivity (Wildman–Crippen MR) is 59.0 cm³/mol. The van der Waals surface area contributed by atoms with E-state index in [4.69, 9.17) is 0 Å². The molecule has 78 valence electrons. The molecule has 1 aliphatic heterocycles. The van der Waals surface area contributed by atoms with Gasteiger partial charge in [0.2, 0.25) is 0 Å².